The summed E-state index contributed by atoms with van der Waals surface area (Å²) in [4.78, 5) is 22.3. The van der Waals surface area contributed by atoms with Crippen LogP contribution < -0.4 is 0 Å². The Morgan fingerprint density at radius 3 is 1.87 bits per heavy atom. The number of methoxy groups -OCH3 is 2. The molecule has 0 aliphatic heterocycles. The summed E-state index contributed by atoms with van der Waals surface area (Å²) in [5, 5.41) is 0. The third-order valence-corrected chi connectivity index (χ3v) is 2.22. The molecule has 0 radical (unpaired) electrons. The standard InChI is InChI=1S/C9H16O4.2CH4/c1-5-9(2,8(11)13-4)6-7(10)12-3;;/h5-6H2,1-4H3;2*1H4. The molecule has 0 heterocycles. The number of hydrogen-bond donors (Lipinski definition) is 0. The van der Waals surface area contributed by atoms with Crippen molar-refractivity contribution in [2.24, 2.45) is 5.41 Å². The van der Waals surface area contributed by atoms with Gasteiger partial charge in [-0.2, -0.15) is 0 Å². The van der Waals surface area contributed by atoms with Crippen LogP contribution in [-0.4, -0.2) is 26.2 Å². The second-order valence-electron chi connectivity index (χ2n) is 3.16. The summed E-state index contributed by atoms with van der Waals surface area (Å²) in [5.74, 6) is -0.768. The Bertz CT molecular complexity index is 201. The normalized spacial score (nSPS) is 12.5. The number of carbonyl (C=O) groups is 2. The Kier molecular flexibility index (Phi) is 10.7. The summed E-state index contributed by atoms with van der Waals surface area (Å²) in [7, 11) is 2.61. The van der Waals surface area contributed by atoms with E-state index in [0.29, 0.717) is 6.42 Å². The van der Waals surface area contributed by atoms with E-state index in [-0.39, 0.29) is 27.2 Å². The second kappa shape index (κ2) is 8.26. The first-order chi connectivity index (χ1) is 6.00. The van der Waals surface area contributed by atoms with Gasteiger partial charge in [0.15, 0.2) is 0 Å². The maximum atomic E-state index is 11.3. The minimum absolute atomic E-state index is 0. The topological polar surface area (TPSA) is 52.6 Å². The van der Waals surface area contributed by atoms with Gasteiger partial charge in [0.05, 0.1) is 26.1 Å². The predicted octanol–water partition coefficient (Wildman–Crippen LogP) is 2.41. The average molecular weight is 220 g/mol. The lowest BCUT2D eigenvalue weighted by Gasteiger charge is -2.23. The zero-order valence-corrected chi connectivity index (χ0v) is 8.55. The van der Waals surface area contributed by atoms with Gasteiger partial charge in [0.1, 0.15) is 0 Å². The van der Waals surface area contributed by atoms with Gasteiger partial charge in [-0.25, -0.2) is 0 Å². The van der Waals surface area contributed by atoms with Crippen LogP contribution in [0, 0.1) is 5.41 Å². The van der Waals surface area contributed by atoms with Gasteiger partial charge in [0.2, 0.25) is 0 Å². The Labute approximate surface area is 93.0 Å². The highest BCUT2D eigenvalue weighted by molar-refractivity contribution is 5.82. The van der Waals surface area contributed by atoms with Gasteiger partial charge in [0, 0.05) is 0 Å². The van der Waals surface area contributed by atoms with Crippen LogP contribution in [0.2, 0.25) is 0 Å². The fourth-order valence-corrected chi connectivity index (χ4v) is 0.979. The highest BCUT2D eigenvalue weighted by Gasteiger charge is 2.35. The molecule has 0 N–H and O–H groups in total. The first kappa shape index (κ1) is 19.5. The third kappa shape index (κ3) is 5.40. The molecule has 0 aromatic heterocycles. The molecule has 4 nitrogen and oxygen atoms in total. The molecule has 0 spiro atoms. The molecule has 15 heavy (non-hydrogen) atoms. The number of ether oxygens (including phenoxy) is 2. The second-order valence-corrected chi connectivity index (χ2v) is 3.16. The summed E-state index contributed by atoms with van der Waals surface area (Å²) in [6.45, 7) is 3.52. The van der Waals surface area contributed by atoms with Gasteiger partial charge in [-0.15, -0.1) is 0 Å². The number of hydrogen-bond acceptors (Lipinski definition) is 4. The molecule has 0 amide bonds. The van der Waals surface area contributed by atoms with E-state index in [1.807, 2.05) is 6.92 Å². The van der Waals surface area contributed by atoms with E-state index in [2.05, 4.69) is 9.47 Å². The van der Waals surface area contributed by atoms with Crippen molar-refractivity contribution in [2.75, 3.05) is 14.2 Å². The van der Waals surface area contributed by atoms with Gasteiger partial charge in [0.25, 0.3) is 0 Å². The zero-order valence-electron chi connectivity index (χ0n) is 8.55. The summed E-state index contributed by atoms with van der Waals surface area (Å²) in [6, 6.07) is 0. The Morgan fingerprint density at radius 2 is 1.60 bits per heavy atom. The quantitative estimate of drug-likeness (QED) is 0.683. The van der Waals surface area contributed by atoms with Crippen molar-refractivity contribution in [1.82, 2.24) is 0 Å². The molecule has 0 rings (SSSR count). The largest absolute Gasteiger partial charge is 0.469 e. The first-order valence-electron chi connectivity index (χ1n) is 4.15. The molecular weight excluding hydrogens is 196 g/mol. The smallest absolute Gasteiger partial charge is 0.312 e. The van der Waals surface area contributed by atoms with Crippen LogP contribution in [0.1, 0.15) is 41.5 Å². The van der Waals surface area contributed by atoms with Crippen molar-refractivity contribution >= 4 is 11.9 Å². The van der Waals surface area contributed by atoms with Crippen molar-refractivity contribution in [1.29, 1.82) is 0 Å². The molecule has 1 unspecified atom stereocenters. The number of carbonyl (C=O) groups excluding carboxylic acids is 2. The molecule has 0 aromatic rings. The molecule has 4 heteroatoms. The van der Waals surface area contributed by atoms with Gasteiger partial charge >= 0.3 is 11.9 Å². The first-order valence-corrected chi connectivity index (χ1v) is 4.15. The van der Waals surface area contributed by atoms with Crippen LogP contribution in [-0.2, 0) is 19.1 Å². The van der Waals surface area contributed by atoms with Crippen LogP contribution in [0.4, 0.5) is 0 Å². The SMILES string of the molecule is C.C.CCC(C)(CC(=O)OC)C(=O)OC. The summed E-state index contributed by atoms with van der Waals surface area (Å²) in [5.41, 5.74) is -0.762. The van der Waals surface area contributed by atoms with Crippen molar-refractivity contribution in [3.63, 3.8) is 0 Å². The molecule has 0 aliphatic carbocycles. The Hall–Kier alpha value is -1.06. The molecule has 0 aliphatic rings. The number of esters is 2. The fourth-order valence-electron chi connectivity index (χ4n) is 0.979. The lowest BCUT2D eigenvalue weighted by atomic mass is 9.84. The fraction of sp³-hybridized carbons (Fsp3) is 0.818. The maximum Gasteiger partial charge on any atom is 0.312 e. The van der Waals surface area contributed by atoms with Gasteiger partial charge in [-0.1, -0.05) is 21.8 Å². The van der Waals surface area contributed by atoms with Crippen molar-refractivity contribution in [3.8, 4) is 0 Å². The van der Waals surface area contributed by atoms with Gasteiger partial charge in [-0.05, 0) is 13.3 Å². The molecule has 0 fully saturated rings. The van der Waals surface area contributed by atoms with E-state index in [1.54, 1.807) is 6.92 Å². The lowest BCUT2D eigenvalue weighted by molar-refractivity contribution is -0.158. The van der Waals surface area contributed by atoms with Gasteiger partial charge in [-0.3, -0.25) is 9.59 Å². The van der Waals surface area contributed by atoms with E-state index >= 15 is 0 Å². The highest BCUT2D eigenvalue weighted by Crippen LogP contribution is 2.27. The molecule has 1 atom stereocenters. The van der Waals surface area contributed by atoms with E-state index in [4.69, 9.17) is 0 Å². The summed E-state index contributed by atoms with van der Waals surface area (Å²) >= 11 is 0. The average Bonchev–Trinajstić information content (AvgIpc) is 2.15. The van der Waals surface area contributed by atoms with Crippen molar-refractivity contribution in [2.45, 2.75) is 41.5 Å². The molecule has 0 bridgehead atoms. The Balaban J connectivity index is -0.000000720. The minimum atomic E-state index is -0.762. The van der Waals surface area contributed by atoms with Crippen molar-refractivity contribution < 1.29 is 19.1 Å². The van der Waals surface area contributed by atoms with E-state index in [1.165, 1.54) is 14.2 Å². The lowest BCUT2D eigenvalue weighted by Crippen LogP contribution is -2.31. The predicted molar refractivity (Wildman–Crippen MR) is 60.5 cm³/mol. The summed E-state index contributed by atoms with van der Waals surface area (Å²) < 4.78 is 9.10. The van der Waals surface area contributed by atoms with E-state index in [0.717, 1.165) is 0 Å². The minimum Gasteiger partial charge on any atom is -0.469 e. The molecule has 0 aromatic carbocycles. The molecule has 92 valence electrons. The van der Waals surface area contributed by atoms with Crippen molar-refractivity contribution in [3.05, 3.63) is 0 Å². The molecule has 0 saturated carbocycles. The van der Waals surface area contributed by atoms with E-state index < -0.39 is 11.4 Å². The molecular formula is C11H24O4. The third-order valence-electron chi connectivity index (χ3n) is 2.22. The number of rotatable bonds is 4. The maximum absolute atomic E-state index is 11.3. The van der Waals surface area contributed by atoms with Crippen LogP contribution >= 0.6 is 0 Å². The summed E-state index contributed by atoms with van der Waals surface area (Å²) in [6.07, 6.45) is 0.613. The van der Waals surface area contributed by atoms with Crippen LogP contribution in [0.15, 0.2) is 0 Å². The molecule has 0 saturated heterocycles. The van der Waals surface area contributed by atoms with Crippen LogP contribution in [0.5, 0.6) is 0 Å². The van der Waals surface area contributed by atoms with Crippen LogP contribution in [0.3, 0.4) is 0 Å². The Morgan fingerprint density at radius 1 is 1.13 bits per heavy atom. The van der Waals surface area contributed by atoms with E-state index in [9.17, 15) is 9.59 Å². The van der Waals surface area contributed by atoms with Crippen LogP contribution in [0.25, 0.3) is 0 Å². The zero-order chi connectivity index (χ0) is 10.5. The monoisotopic (exact) mass is 220 g/mol. The van der Waals surface area contributed by atoms with Gasteiger partial charge < -0.3 is 9.47 Å². The highest BCUT2D eigenvalue weighted by atomic mass is 16.5.